The molecule has 1 unspecified atom stereocenters. The van der Waals surface area contributed by atoms with Gasteiger partial charge in [-0.05, 0) is 23.1 Å². The molecule has 8 heteroatoms. The molecule has 144 valence electrons. The van der Waals surface area contributed by atoms with E-state index in [4.69, 9.17) is 0 Å². The predicted octanol–water partition coefficient (Wildman–Crippen LogP) is 3.64. The average Bonchev–Trinajstić information content (AvgIpc) is 2.89. The largest absolute Gasteiger partial charge is 0.393 e. The molecule has 0 bridgehead atoms. The quantitative estimate of drug-likeness (QED) is 0.792. The minimum absolute atomic E-state index is 0.0410. The number of benzene rings is 2. The maximum Gasteiger partial charge on any atom is 0.393 e. The number of amides is 1. The first-order chi connectivity index (χ1) is 12.7. The van der Waals surface area contributed by atoms with Crippen LogP contribution in [0.3, 0.4) is 0 Å². The number of hydrogen-bond donors (Lipinski definition) is 0. The minimum Gasteiger partial charge on any atom is -0.273 e. The molecule has 0 aromatic heterocycles. The molecule has 0 radical (unpaired) electrons. The molecule has 3 rings (SSSR count). The second-order valence-corrected chi connectivity index (χ2v) is 8.53. The molecule has 1 aliphatic heterocycles. The van der Waals surface area contributed by atoms with Crippen molar-refractivity contribution in [3.63, 3.8) is 0 Å². The van der Waals surface area contributed by atoms with E-state index in [0.717, 1.165) is 4.31 Å². The molecule has 2 aromatic rings. The number of rotatable bonds is 4. The van der Waals surface area contributed by atoms with Crippen molar-refractivity contribution in [3.05, 3.63) is 71.3 Å². The summed E-state index contributed by atoms with van der Waals surface area (Å²) >= 11 is 0. The normalized spacial score (nSPS) is 19.2. The van der Waals surface area contributed by atoms with Crippen LogP contribution >= 0.6 is 0 Å². The van der Waals surface area contributed by atoms with Gasteiger partial charge in [0.15, 0.2) is 0 Å². The van der Waals surface area contributed by atoms with Crippen LogP contribution in [-0.2, 0) is 27.7 Å². The summed E-state index contributed by atoms with van der Waals surface area (Å²) in [5, 5.41) is -0.779. The Labute approximate surface area is 155 Å². The third kappa shape index (κ3) is 4.50. The number of carbonyl (C=O) groups excluding carboxylic acids is 1. The SMILES string of the molecule is O=C(Cc1cccc(CC(F)(F)F)c1)N1CCC(c2ccccc2)S1(=O)=O. The molecule has 1 fully saturated rings. The van der Waals surface area contributed by atoms with Gasteiger partial charge in [0.25, 0.3) is 0 Å². The first-order valence-corrected chi connectivity index (χ1v) is 9.91. The highest BCUT2D eigenvalue weighted by molar-refractivity contribution is 7.90. The Morgan fingerprint density at radius 3 is 2.37 bits per heavy atom. The van der Waals surface area contributed by atoms with Crippen LogP contribution in [0.5, 0.6) is 0 Å². The second kappa shape index (κ2) is 7.34. The van der Waals surface area contributed by atoms with E-state index in [0.29, 0.717) is 17.5 Å². The third-order valence-corrected chi connectivity index (χ3v) is 6.69. The number of carbonyl (C=O) groups is 1. The highest BCUT2D eigenvalue weighted by atomic mass is 32.2. The fourth-order valence-electron chi connectivity index (χ4n) is 3.28. The maximum atomic E-state index is 12.7. The van der Waals surface area contributed by atoms with Crippen LogP contribution in [0.4, 0.5) is 13.2 Å². The zero-order chi connectivity index (χ0) is 19.7. The molecule has 0 aliphatic carbocycles. The van der Waals surface area contributed by atoms with E-state index in [2.05, 4.69) is 0 Å². The van der Waals surface area contributed by atoms with Crippen molar-refractivity contribution in [1.29, 1.82) is 0 Å². The van der Waals surface area contributed by atoms with Crippen molar-refractivity contribution in [2.24, 2.45) is 0 Å². The summed E-state index contributed by atoms with van der Waals surface area (Å²) in [5.74, 6) is -0.627. The van der Waals surface area contributed by atoms with Gasteiger partial charge in [0, 0.05) is 6.54 Å². The Hall–Kier alpha value is -2.35. The van der Waals surface area contributed by atoms with Crippen LogP contribution in [0.2, 0.25) is 0 Å². The molecule has 4 nitrogen and oxygen atoms in total. The lowest BCUT2D eigenvalue weighted by Gasteiger charge is -2.18. The number of alkyl halides is 3. The molecule has 1 saturated heterocycles. The molecule has 1 aliphatic rings. The van der Waals surface area contributed by atoms with E-state index in [1.807, 2.05) is 0 Å². The van der Waals surface area contributed by atoms with Gasteiger partial charge < -0.3 is 0 Å². The van der Waals surface area contributed by atoms with Crippen LogP contribution in [0, 0.1) is 0 Å². The molecule has 2 aromatic carbocycles. The van der Waals surface area contributed by atoms with Crippen molar-refractivity contribution < 1.29 is 26.4 Å². The number of sulfonamides is 1. The zero-order valence-electron chi connectivity index (χ0n) is 14.3. The van der Waals surface area contributed by atoms with E-state index >= 15 is 0 Å². The first-order valence-electron chi connectivity index (χ1n) is 8.41. The van der Waals surface area contributed by atoms with Crippen LogP contribution in [-0.4, -0.2) is 31.4 Å². The van der Waals surface area contributed by atoms with Gasteiger partial charge in [0.1, 0.15) is 5.25 Å². The number of halogens is 3. The number of nitrogens with zero attached hydrogens (tertiary/aromatic N) is 1. The minimum atomic E-state index is -4.34. The van der Waals surface area contributed by atoms with Crippen LogP contribution in [0.25, 0.3) is 0 Å². The Morgan fingerprint density at radius 2 is 1.70 bits per heavy atom. The predicted molar refractivity (Wildman–Crippen MR) is 94.3 cm³/mol. The van der Waals surface area contributed by atoms with Crippen molar-refractivity contribution in [3.8, 4) is 0 Å². The third-order valence-electron chi connectivity index (χ3n) is 4.46. The van der Waals surface area contributed by atoms with Gasteiger partial charge in [-0.3, -0.25) is 4.79 Å². The summed E-state index contributed by atoms with van der Waals surface area (Å²) in [6.07, 6.45) is -5.39. The highest BCUT2D eigenvalue weighted by Crippen LogP contribution is 2.35. The fraction of sp³-hybridized carbons (Fsp3) is 0.316. The van der Waals surface area contributed by atoms with Crippen molar-refractivity contribution in [2.75, 3.05) is 6.54 Å². The molecular formula is C19H18F3NO3S. The molecule has 1 heterocycles. The van der Waals surface area contributed by atoms with Gasteiger partial charge in [-0.1, -0.05) is 54.6 Å². The van der Waals surface area contributed by atoms with Crippen LogP contribution in [0.1, 0.15) is 28.4 Å². The van der Waals surface area contributed by atoms with Gasteiger partial charge >= 0.3 is 6.18 Å². The summed E-state index contributed by atoms with van der Waals surface area (Å²) in [7, 11) is -3.84. The van der Waals surface area contributed by atoms with E-state index in [9.17, 15) is 26.4 Å². The highest BCUT2D eigenvalue weighted by Gasteiger charge is 2.42. The summed E-state index contributed by atoms with van der Waals surface area (Å²) in [6.45, 7) is 0.0724. The van der Waals surface area contributed by atoms with Crippen molar-refractivity contribution >= 4 is 15.9 Å². The van der Waals surface area contributed by atoms with E-state index in [1.54, 1.807) is 30.3 Å². The van der Waals surface area contributed by atoms with Crippen molar-refractivity contribution in [2.45, 2.75) is 30.7 Å². The Morgan fingerprint density at radius 1 is 1.04 bits per heavy atom. The molecular weight excluding hydrogens is 379 g/mol. The second-order valence-electron chi connectivity index (χ2n) is 6.49. The van der Waals surface area contributed by atoms with E-state index in [-0.39, 0.29) is 18.5 Å². The van der Waals surface area contributed by atoms with Gasteiger partial charge in [-0.15, -0.1) is 0 Å². The van der Waals surface area contributed by atoms with Crippen LogP contribution in [0.15, 0.2) is 54.6 Å². The van der Waals surface area contributed by atoms with Gasteiger partial charge in [0.05, 0.1) is 12.8 Å². The lowest BCUT2D eigenvalue weighted by Crippen LogP contribution is -2.34. The molecule has 27 heavy (non-hydrogen) atoms. The lowest BCUT2D eigenvalue weighted by atomic mass is 10.1. The zero-order valence-corrected chi connectivity index (χ0v) is 15.1. The monoisotopic (exact) mass is 397 g/mol. The number of hydrogen-bond acceptors (Lipinski definition) is 3. The summed E-state index contributed by atoms with van der Waals surface area (Å²) in [5.41, 5.74) is 1.03. The average molecular weight is 397 g/mol. The maximum absolute atomic E-state index is 12.7. The summed E-state index contributed by atoms with van der Waals surface area (Å²) in [6, 6.07) is 14.3. The topological polar surface area (TPSA) is 54.5 Å². The Balaban J connectivity index is 1.75. The van der Waals surface area contributed by atoms with Gasteiger partial charge in [-0.25, -0.2) is 12.7 Å². The summed E-state index contributed by atoms with van der Waals surface area (Å²) < 4.78 is 63.9. The van der Waals surface area contributed by atoms with Crippen molar-refractivity contribution in [1.82, 2.24) is 4.31 Å². The molecule has 0 spiro atoms. The van der Waals surface area contributed by atoms with Crippen LogP contribution < -0.4 is 0 Å². The first kappa shape index (κ1) is 19.4. The molecule has 0 N–H and O–H groups in total. The molecule has 1 amide bonds. The van der Waals surface area contributed by atoms with E-state index < -0.39 is 33.8 Å². The van der Waals surface area contributed by atoms with Gasteiger partial charge in [0.2, 0.25) is 15.9 Å². The smallest absolute Gasteiger partial charge is 0.273 e. The Bertz CT molecular complexity index is 927. The lowest BCUT2D eigenvalue weighted by molar-refractivity contribution is -0.127. The van der Waals surface area contributed by atoms with Gasteiger partial charge in [-0.2, -0.15) is 13.2 Å². The fourth-order valence-corrected chi connectivity index (χ4v) is 5.20. The standard InChI is InChI=1S/C19H18F3NO3S/c20-19(21,22)13-15-6-4-5-14(11-15)12-18(24)23-10-9-17(27(23,25)26)16-7-2-1-3-8-16/h1-8,11,17H,9-10,12-13H2. The Kier molecular flexibility index (Phi) is 5.28. The molecule has 1 atom stereocenters. The summed E-state index contributed by atoms with van der Waals surface area (Å²) in [4.78, 5) is 12.5. The molecule has 0 saturated carbocycles. The van der Waals surface area contributed by atoms with E-state index in [1.165, 1.54) is 24.3 Å².